The molecular formula is C9H8N3. The Labute approximate surface area is 70.9 Å². The highest BCUT2D eigenvalue weighted by atomic mass is 15.0. The van der Waals surface area contributed by atoms with Gasteiger partial charge in [-0.2, -0.15) is 0 Å². The van der Waals surface area contributed by atoms with Crippen LogP contribution in [0.25, 0.3) is 5.70 Å². The molecule has 2 rings (SSSR count). The van der Waals surface area contributed by atoms with E-state index >= 15 is 0 Å². The van der Waals surface area contributed by atoms with Crippen molar-refractivity contribution in [1.29, 1.82) is 0 Å². The molecular weight excluding hydrogens is 150 g/mol. The van der Waals surface area contributed by atoms with Gasteiger partial charge in [0.2, 0.25) is 0 Å². The van der Waals surface area contributed by atoms with Crippen molar-refractivity contribution in [3.63, 3.8) is 0 Å². The highest BCUT2D eigenvalue weighted by molar-refractivity contribution is 5.90. The van der Waals surface area contributed by atoms with Crippen molar-refractivity contribution in [3.05, 3.63) is 36.3 Å². The summed E-state index contributed by atoms with van der Waals surface area (Å²) < 4.78 is 0. The van der Waals surface area contributed by atoms with Crippen molar-refractivity contribution in [2.45, 2.75) is 6.92 Å². The molecule has 1 radical (unpaired) electrons. The first kappa shape index (κ1) is 7.03. The van der Waals surface area contributed by atoms with E-state index in [1.165, 1.54) is 0 Å². The number of hydrogen-bond acceptors (Lipinski definition) is 2. The monoisotopic (exact) mass is 158 g/mol. The summed E-state index contributed by atoms with van der Waals surface area (Å²) in [7, 11) is 0. The Morgan fingerprint density at radius 2 is 2.17 bits per heavy atom. The third-order valence-corrected chi connectivity index (χ3v) is 1.58. The molecule has 0 unspecified atom stereocenters. The lowest BCUT2D eigenvalue weighted by Crippen LogP contribution is -1.97. The highest BCUT2D eigenvalue weighted by Crippen LogP contribution is 2.15. The third-order valence-electron chi connectivity index (χ3n) is 1.58. The zero-order valence-corrected chi connectivity index (χ0v) is 6.73. The van der Waals surface area contributed by atoms with Gasteiger partial charge in [0.15, 0.2) is 0 Å². The van der Waals surface area contributed by atoms with E-state index in [1.54, 1.807) is 12.4 Å². The summed E-state index contributed by atoms with van der Waals surface area (Å²) in [6, 6.07) is 5.74. The van der Waals surface area contributed by atoms with E-state index in [1.807, 2.05) is 25.1 Å². The van der Waals surface area contributed by atoms with Gasteiger partial charge in [-0.15, -0.1) is 0 Å². The van der Waals surface area contributed by atoms with Gasteiger partial charge in [-0.05, 0) is 19.1 Å². The molecule has 0 amide bonds. The number of hydrogen-bond donors (Lipinski definition) is 0. The second-order valence-corrected chi connectivity index (χ2v) is 2.52. The fourth-order valence-electron chi connectivity index (χ4n) is 1.02. The Balaban J connectivity index is 2.34. The second kappa shape index (κ2) is 2.77. The van der Waals surface area contributed by atoms with Gasteiger partial charge < -0.3 is 0 Å². The van der Waals surface area contributed by atoms with E-state index in [9.17, 15) is 0 Å². The fraction of sp³-hybridized carbons (Fsp3) is 0.111. The van der Waals surface area contributed by atoms with Gasteiger partial charge in [0, 0.05) is 6.20 Å². The molecule has 1 aliphatic heterocycles. The topological polar surface area (TPSA) is 39.4 Å². The van der Waals surface area contributed by atoms with Crippen molar-refractivity contribution in [2.24, 2.45) is 4.99 Å². The summed E-state index contributed by atoms with van der Waals surface area (Å²) in [6.07, 6.45) is 3.48. The van der Waals surface area contributed by atoms with Crippen LogP contribution in [0.4, 0.5) is 0 Å². The number of rotatable bonds is 1. The van der Waals surface area contributed by atoms with Crippen molar-refractivity contribution >= 4 is 11.5 Å². The molecule has 1 aliphatic rings. The zero-order chi connectivity index (χ0) is 8.39. The predicted octanol–water partition coefficient (Wildman–Crippen LogP) is 1.42. The van der Waals surface area contributed by atoms with E-state index < -0.39 is 0 Å². The second-order valence-electron chi connectivity index (χ2n) is 2.52. The molecule has 1 aromatic heterocycles. The van der Waals surface area contributed by atoms with Crippen LogP contribution < -0.4 is 5.32 Å². The van der Waals surface area contributed by atoms with Crippen LogP contribution >= 0.6 is 0 Å². The van der Waals surface area contributed by atoms with Crippen LogP contribution in [-0.4, -0.2) is 10.8 Å². The van der Waals surface area contributed by atoms with Gasteiger partial charge in [0.05, 0.1) is 11.9 Å². The lowest BCUT2D eigenvalue weighted by molar-refractivity contribution is 1.25. The number of amidine groups is 1. The van der Waals surface area contributed by atoms with E-state index in [0.29, 0.717) is 0 Å². The third kappa shape index (κ3) is 1.21. The first-order valence-electron chi connectivity index (χ1n) is 3.74. The zero-order valence-electron chi connectivity index (χ0n) is 6.73. The van der Waals surface area contributed by atoms with Gasteiger partial charge in [-0.1, -0.05) is 6.07 Å². The number of nitrogens with zero attached hydrogens (tertiary/aromatic N) is 3. The van der Waals surface area contributed by atoms with E-state index in [2.05, 4.69) is 15.3 Å². The molecule has 0 aliphatic carbocycles. The molecule has 12 heavy (non-hydrogen) atoms. The van der Waals surface area contributed by atoms with E-state index in [0.717, 1.165) is 17.2 Å². The molecule has 59 valence electrons. The van der Waals surface area contributed by atoms with Crippen LogP contribution in [0.2, 0.25) is 0 Å². The first-order chi connectivity index (χ1) is 5.86. The number of pyridine rings is 1. The largest absolute Gasteiger partial charge is 0.255 e. The molecule has 0 saturated carbocycles. The summed E-state index contributed by atoms with van der Waals surface area (Å²) >= 11 is 0. The number of aromatic nitrogens is 1. The van der Waals surface area contributed by atoms with E-state index in [-0.39, 0.29) is 0 Å². The molecule has 0 aromatic carbocycles. The lowest BCUT2D eigenvalue weighted by atomic mass is 10.3. The van der Waals surface area contributed by atoms with Crippen molar-refractivity contribution in [3.8, 4) is 0 Å². The standard InChI is InChI=1S/C9H8N3/c1-7-11-6-9(12-7)8-4-2-3-5-10-8/h2-6H,1H3. The summed E-state index contributed by atoms with van der Waals surface area (Å²) in [5.74, 6) is 0.788. The van der Waals surface area contributed by atoms with Crippen molar-refractivity contribution in [2.75, 3.05) is 0 Å². The minimum atomic E-state index is 0.788. The SMILES string of the molecule is CC1=NC(c2ccccn2)=C[N]1. The number of aliphatic imine (C=N–C) groups is 1. The molecule has 0 atom stereocenters. The Hall–Kier alpha value is -1.64. The van der Waals surface area contributed by atoms with Crippen molar-refractivity contribution in [1.82, 2.24) is 10.3 Å². The Morgan fingerprint density at radius 1 is 1.25 bits per heavy atom. The molecule has 0 spiro atoms. The Bertz CT molecular complexity index is 338. The molecule has 0 N–H and O–H groups in total. The maximum absolute atomic E-state index is 4.21. The quantitative estimate of drug-likeness (QED) is 0.609. The summed E-state index contributed by atoms with van der Waals surface area (Å²) in [5.41, 5.74) is 1.71. The highest BCUT2D eigenvalue weighted by Gasteiger charge is 2.07. The predicted molar refractivity (Wildman–Crippen MR) is 47.5 cm³/mol. The molecule has 2 heterocycles. The molecule has 3 nitrogen and oxygen atoms in total. The van der Waals surface area contributed by atoms with E-state index in [4.69, 9.17) is 0 Å². The average Bonchev–Trinajstić information content (AvgIpc) is 2.54. The van der Waals surface area contributed by atoms with Crippen LogP contribution in [-0.2, 0) is 0 Å². The normalized spacial score (nSPS) is 15.1. The maximum Gasteiger partial charge on any atom is 0.126 e. The maximum atomic E-state index is 4.21. The van der Waals surface area contributed by atoms with Crippen LogP contribution in [0.1, 0.15) is 12.6 Å². The summed E-state index contributed by atoms with van der Waals surface area (Å²) in [4.78, 5) is 8.37. The van der Waals surface area contributed by atoms with Gasteiger partial charge >= 0.3 is 0 Å². The van der Waals surface area contributed by atoms with Crippen molar-refractivity contribution < 1.29 is 0 Å². The Morgan fingerprint density at radius 3 is 2.75 bits per heavy atom. The van der Waals surface area contributed by atoms with Gasteiger partial charge in [-0.3, -0.25) is 4.98 Å². The fourth-order valence-corrected chi connectivity index (χ4v) is 1.02. The molecule has 1 aromatic rings. The minimum absolute atomic E-state index is 0.788. The van der Waals surface area contributed by atoms with Gasteiger partial charge in [0.1, 0.15) is 11.5 Å². The molecule has 0 fully saturated rings. The van der Waals surface area contributed by atoms with Crippen LogP contribution in [0.5, 0.6) is 0 Å². The summed E-state index contributed by atoms with van der Waals surface area (Å²) in [6.45, 7) is 1.87. The molecule has 3 heteroatoms. The molecule has 0 saturated heterocycles. The van der Waals surface area contributed by atoms with Crippen LogP contribution in [0, 0.1) is 0 Å². The minimum Gasteiger partial charge on any atom is -0.255 e. The lowest BCUT2D eigenvalue weighted by Gasteiger charge is -1.93. The molecule has 0 bridgehead atoms. The average molecular weight is 158 g/mol. The smallest absolute Gasteiger partial charge is 0.126 e. The first-order valence-corrected chi connectivity index (χ1v) is 3.74. The van der Waals surface area contributed by atoms with Gasteiger partial charge in [-0.25, -0.2) is 10.3 Å². The van der Waals surface area contributed by atoms with Gasteiger partial charge in [0.25, 0.3) is 0 Å². The summed E-state index contributed by atoms with van der Waals surface area (Å²) in [5, 5.41) is 4.04. The van der Waals surface area contributed by atoms with Crippen LogP contribution in [0.15, 0.2) is 35.6 Å². The Kier molecular flexibility index (Phi) is 1.63. The van der Waals surface area contributed by atoms with Crippen LogP contribution in [0.3, 0.4) is 0 Å².